The molecule has 1 aromatic heterocycles. The Kier molecular flexibility index (Phi) is 4.83. The van der Waals surface area contributed by atoms with Crippen LogP contribution in [0.5, 0.6) is 0 Å². The minimum Gasteiger partial charge on any atom is -0.386 e. The number of pyridine rings is 1. The van der Waals surface area contributed by atoms with Crippen LogP contribution in [0.2, 0.25) is 15.1 Å². The van der Waals surface area contributed by atoms with E-state index in [0.29, 0.717) is 10.7 Å². The summed E-state index contributed by atoms with van der Waals surface area (Å²) in [5.41, 5.74) is 0.404. The van der Waals surface area contributed by atoms with E-state index in [2.05, 4.69) is 15.0 Å². The number of aromatic nitrogens is 1. The van der Waals surface area contributed by atoms with Gasteiger partial charge < -0.3 is 5.32 Å². The van der Waals surface area contributed by atoms with Crippen molar-refractivity contribution in [1.82, 2.24) is 4.98 Å². The van der Waals surface area contributed by atoms with E-state index < -0.39 is 10.0 Å². The number of nitrogens with one attached hydrogen (secondary N) is 2. The molecule has 2 N–H and O–H groups in total. The van der Waals surface area contributed by atoms with Crippen molar-refractivity contribution in [1.29, 1.82) is 0 Å². The minimum absolute atomic E-state index is 0.0513. The third-order valence-corrected chi connectivity index (χ3v) is 4.66. The number of benzene rings is 1. The van der Waals surface area contributed by atoms with E-state index in [0.717, 1.165) is 0 Å². The lowest BCUT2D eigenvalue weighted by Crippen LogP contribution is -2.16. The van der Waals surface area contributed by atoms with Gasteiger partial charge in [-0.3, -0.25) is 4.72 Å². The zero-order valence-electron chi connectivity index (χ0n) is 10.7. The second-order valence-electron chi connectivity index (χ2n) is 3.96. The van der Waals surface area contributed by atoms with Crippen LogP contribution >= 0.6 is 34.8 Å². The Hall–Kier alpha value is -1.21. The van der Waals surface area contributed by atoms with Crippen LogP contribution in [0.4, 0.5) is 11.4 Å². The molecule has 0 unspecified atom stereocenters. The molecular formula is C12H10Cl3N3O2S. The van der Waals surface area contributed by atoms with E-state index in [9.17, 15) is 8.42 Å². The van der Waals surface area contributed by atoms with Gasteiger partial charge >= 0.3 is 0 Å². The van der Waals surface area contributed by atoms with Gasteiger partial charge in [0.2, 0.25) is 0 Å². The largest absolute Gasteiger partial charge is 0.386 e. The molecule has 5 nitrogen and oxygen atoms in total. The molecule has 0 spiro atoms. The highest BCUT2D eigenvalue weighted by atomic mass is 35.5. The smallest absolute Gasteiger partial charge is 0.281 e. The van der Waals surface area contributed by atoms with Crippen molar-refractivity contribution < 1.29 is 8.42 Å². The molecule has 1 heterocycles. The van der Waals surface area contributed by atoms with E-state index in [4.69, 9.17) is 34.8 Å². The predicted molar refractivity (Wildman–Crippen MR) is 86.1 cm³/mol. The summed E-state index contributed by atoms with van der Waals surface area (Å²) in [7, 11) is -2.35. The molecule has 0 fully saturated rings. The molecule has 0 aliphatic carbocycles. The van der Waals surface area contributed by atoms with Crippen molar-refractivity contribution in [3.05, 3.63) is 45.5 Å². The van der Waals surface area contributed by atoms with Crippen molar-refractivity contribution in [3.63, 3.8) is 0 Å². The standard InChI is InChI=1S/C12H10Cl3N3O2S/c1-16-10-3-2-4-17-12(10)21(19,20)18-11-8(14)5-7(13)6-9(11)15/h2-6,16,18H,1H3. The van der Waals surface area contributed by atoms with Gasteiger partial charge in [-0.05, 0) is 24.3 Å². The fourth-order valence-corrected chi connectivity index (χ4v) is 3.89. The average molecular weight is 367 g/mol. The van der Waals surface area contributed by atoms with Crippen LogP contribution in [0.25, 0.3) is 0 Å². The first kappa shape index (κ1) is 16.2. The van der Waals surface area contributed by atoms with Crippen molar-refractivity contribution in [2.24, 2.45) is 0 Å². The van der Waals surface area contributed by atoms with Crippen molar-refractivity contribution >= 4 is 56.2 Å². The van der Waals surface area contributed by atoms with E-state index in [1.807, 2.05) is 0 Å². The summed E-state index contributed by atoms with van der Waals surface area (Å²) in [5.74, 6) is 0. The van der Waals surface area contributed by atoms with Gasteiger partial charge in [0.25, 0.3) is 10.0 Å². The van der Waals surface area contributed by atoms with Gasteiger partial charge in [0, 0.05) is 18.3 Å². The zero-order chi connectivity index (χ0) is 15.6. The number of halogens is 3. The number of sulfonamides is 1. The lowest BCUT2D eigenvalue weighted by molar-refractivity contribution is 0.598. The lowest BCUT2D eigenvalue weighted by atomic mass is 10.3. The van der Waals surface area contributed by atoms with Gasteiger partial charge in [-0.2, -0.15) is 8.42 Å². The molecule has 9 heteroatoms. The molecule has 0 aliphatic heterocycles. The van der Waals surface area contributed by atoms with Crippen LogP contribution in [0.15, 0.2) is 35.5 Å². The Labute approximate surface area is 137 Å². The number of anilines is 2. The summed E-state index contributed by atoms with van der Waals surface area (Å²) in [5, 5.41) is 3.10. The van der Waals surface area contributed by atoms with E-state index in [1.54, 1.807) is 19.2 Å². The molecule has 2 rings (SSSR count). The topological polar surface area (TPSA) is 71.1 Å². The molecule has 0 radical (unpaired) electrons. The Balaban J connectivity index is 2.48. The van der Waals surface area contributed by atoms with Crippen LogP contribution in [-0.2, 0) is 10.0 Å². The molecule has 0 bridgehead atoms. The minimum atomic E-state index is -3.95. The molecule has 112 valence electrons. The fourth-order valence-electron chi connectivity index (χ4n) is 1.62. The van der Waals surface area contributed by atoms with Gasteiger partial charge in [0.05, 0.1) is 21.4 Å². The molecule has 1 aromatic carbocycles. The molecule has 0 saturated heterocycles. The quantitative estimate of drug-likeness (QED) is 0.861. The fraction of sp³-hybridized carbons (Fsp3) is 0.0833. The zero-order valence-corrected chi connectivity index (χ0v) is 13.8. The summed E-state index contributed by atoms with van der Waals surface area (Å²) in [6.07, 6.45) is 1.38. The maximum atomic E-state index is 12.4. The second-order valence-corrected chi connectivity index (χ2v) is 6.80. The van der Waals surface area contributed by atoms with E-state index in [-0.39, 0.29) is 20.8 Å². The summed E-state index contributed by atoms with van der Waals surface area (Å²) >= 11 is 17.7. The van der Waals surface area contributed by atoms with Gasteiger partial charge in [-0.1, -0.05) is 34.8 Å². The summed E-state index contributed by atoms with van der Waals surface area (Å²) in [6, 6.07) is 5.99. The maximum absolute atomic E-state index is 12.4. The average Bonchev–Trinajstić information content (AvgIpc) is 2.43. The highest BCUT2D eigenvalue weighted by Gasteiger charge is 2.22. The number of hydrogen-bond donors (Lipinski definition) is 2. The normalized spacial score (nSPS) is 11.2. The number of hydrogen-bond acceptors (Lipinski definition) is 4. The van der Waals surface area contributed by atoms with Crippen molar-refractivity contribution in [2.75, 3.05) is 17.1 Å². The van der Waals surface area contributed by atoms with Crippen LogP contribution in [0.3, 0.4) is 0 Å². The summed E-state index contributed by atoms with van der Waals surface area (Å²) < 4.78 is 27.1. The summed E-state index contributed by atoms with van der Waals surface area (Å²) in [6.45, 7) is 0. The van der Waals surface area contributed by atoms with Crippen LogP contribution in [-0.4, -0.2) is 20.4 Å². The monoisotopic (exact) mass is 365 g/mol. The predicted octanol–water partition coefficient (Wildman–Crippen LogP) is 3.88. The van der Waals surface area contributed by atoms with E-state index in [1.165, 1.54) is 18.3 Å². The Morgan fingerprint density at radius 1 is 1.14 bits per heavy atom. The molecule has 21 heavy (non-hydrogen) atoms. The number of rotatable bonds is 4. The molecule has 0 aliphatic rings. The van der Waals surface area contributed by atoms with Crippen molar-refractivity contribution in [3.8, 4) is 0 Å². The second kappa shape index (κ2) is 6.27. The first-order chi connectivity index (χ1) is 9.85. The Morgan fingerprint density at radius 2 is 1.76 bits per heavy atom. The molecule has 2 aromatic rings. The number of nitrogens with zero attached hydrogens (tertiary/aromatic N) is 1. The van der Waals surface area contributed by atoms with Crippen LogP contribution < -0.4 is 10.0 Å². The van der Waals surface area contributed by atoms with Gasteiger partial charge in [0.15, 0.2) is 5.03 Å². The third-order valence-electron chi connectivity index (χ3n) is 2.54. The van der Waals surface area contributed by atoms with Gasteiger partial charge in [0.1, 0.15) is 0 Å². The SMILES string of the molecule is CNc1cccnc1S(=O)(=O)Nc1c(Cl)cc(Cl)cc1Cl. The van der Waals surface area contributed by atoms with Crippen LogP contribution in [0, 0.1) is 0 Å². The Morgan fingerprint density at radius 3 is 2.33 bits per heavy atom. The van der Waals surface area contributed by atoms with Gasteiger partial charge in [-0.15, -0.1) is 0 Å². The van der Waals surface area contributed by atoms with Crippen LogP contribution in [0.1, 0.15) is 0 Å². The molecular weight excluding hydrogens is 357 g/mol. The van der Waals surface area contributed by atoms with Crippen molar-refractivity contribution in [2.45, 2.75) is 5.03 Å². The first-order valence-electron chi connectivity index (χ1n) is 5.65. The maximum Gasteiger partial charge on any atom is 0.281 e. The third kappa shape index (κ3) is 3.52. The first-order valence-corrected chi connectivity index (χ1v) is 8.27. The Bertz CT molecular complexity index is 758. The summed E-state index contributed by atoms with van der Waals surface area (Å²) in [4.78, 5) is 3.87. The van der Waals surface area contributed by atoms with Gasteiger partial charge in [-0.25, -0.2) is 4.98 Å². The molecule has 0 atom stereocenters. The highest BCUT2D eigenvalue weighted by Crippen LogP contribution is 2.35. The molecule has 0 saturated carbocycles. The highest BCUT2D eigenvalue weighted by molar-refractivity contribution is 7.92. The molecule has 0 amide bonds. The van der Waals surface area contributed by atoms with E-state index >= 15 is 0 Å². The lowest BCUT2D eigenvalue weighted by Gasteiger charge is -2.13.